The second kappa shape index (κ2) is 6.57. The normalized spacial score (nSPS) is 18.0. The zero-order chi connectivity index (χ0) is 15.5. The van der Waals surface area contributed by atoms with Crippen molar-refractivity contribution in [3.63, 3.8) is 0 Å². The number of aliphatic imine (C=N–C) groups is 1. The molecule has 0 aliphatic carbocycles. The van der Waals surface area contributed by atoms with Gasteiger partial charge in [-0.05, 0) is 59.8 Å². The van der Waals surface area contributed by atoms with Crippen molar-refractivity contribution in [3.05, 3.63) is 69.0 Å². The molecule has 1 amide bonds. The number of nitrogens with zero attached hydrogens (tertiary/aromatic N) is 1. The van der Waals surface area contributed by atoms with Crippen LogP contribution in [0.2, 0.25) is 10.0 Å². The fraction of sp³-hybridized carbons (Fsp3) is 0. The lowest BCUT2D eigenvalue weighted by molar-refractivity contribution is -0.115. The summed E-state index contributed by atoms with van der Waals surface area (Å²) in [6, 6.07) is 14.4. The maximum atomic E-state index is 12.0. The van der Waals surface area contributed by atoms with Crippen molar-refractivity contribution in [1.82, 2.24) is 5.32 Å². The van der Waals surface area contributed by atoms with Crippen LogP contribution >= 0.6 is 35.0 Å². The van der Waals surface area contributed by atoms with Crippen LogP contribution in [-0.4, -0.2) is 11.1 Å². The third kappa shape index (κ3) is 3.71. The Balaban J connectivity index is 1.80. The summed E-state index contributed by atoms with van der Waals surface area (Å²) in [4.78, 5) is 16.9. The van der Waals surface area contributed by atoms with E-state index >= 15 is 0 Å². The largest absolute Gasteiger partial charge is 0.300 e. The molecule has 0 radical (unpaired) electrons. The molecule has 2 aromatic carbocycles. The lowest BCUT2D eigenvalue weighted by Crippen LogP contribution is -2.19. The number of hydrogen-bond acceptors (Lipinski definition) is 3. The van der Waals surface area contributed by atoms with E-state index in [1.165, 1.54) is 11.8 Å². The molecule has 0 saturated carbocycles. The summed E-state index contributed by atoms with van der Waals surface area (Å²) >= 11 is 13.0. The van der Waals surface area contributed by atoms with Crippen molar-refractivity contribution in [1.29, 1.82) is 0 Å². The van der Waals surface area contributed by atoms with Gasteiger partial charge in [-0.2, -0.15) is 0 Å². The smallest absolute Gasteiger partial charge is 0.264 e. The number of benzene rings is 2. The van der Waals surface area contributed by atoms with Gasteiger partial charge in [-0.15, -0.1) is 0 Å². The molecule has 22 heavy (non-hydrogen) atoms. The lowest BCUT2D eigenvalue weighted by Gasteiger charge is -1.96. The van der Waals surface area contributed by atoms with Gasteiger partial charge in [0.15, 0.2) is 5.17 Å². The molecule has 1 aliphatic heterocycles. The maximum absolute atomic E-state index is 12.0. The zero-order valence-corrected chi connectivity index (χ0v) is 13.5. The number of rotatable bonds is 2. The van der Waals surface area contributed by atoms with Crippen molar-refractivity contribution in [2.45, 2.75) is 0 Å². The van der Waals surface area contributed by atoms with Gasteiger partial charge in [-0.1, -0.05) is 35.3 Å². The van der Waals surface area contributed by atoms with E-state index in [-0.39, 0.29) is 5.91 Å². The molecule has 0 unspecified atom stereocenters. The average Bonchev–Trinajstić information content (AvgIpc) is 2.84. The number of amides is 1. The molecule has 0 aromatic heterocycles. The van der Waals surface area contributed by atoms with Gasteiger partial charge in [-0.3, -0.25) is 4.79 Å². The van der Waals surface area contributed by atoms with Gasteiger partial charge >= 0.3 is 0 Å². The molecule has 1 N–H and O–H groups in total. The highest BCUT2D eigenvalue weighted by Gasteiger charge is 2.23. The molecule has 3 nitrogen and oxygen atoms in total. The summed E-state index contributed by atoms with van der Waals surface area (Å²) in [6.45, 7) is 0. The zero-order valence-electron chi connectivity index (χ0n) is 11.2. The van der Waals surface area contributed by atoms with Gasteiger partial charge in [0.1, 0.15) is 0 Å². The molecule has 1 saturated heterocycles. The van der Waals surface area contributed by atoms with Crippen molar-refractivity contribution in [2.24, 2.45) is 4.99 Å². The molecule has 1 fully saturated rings. The van der Waals surface area contributed by atoms with Gasteiger partial charge in [-0.25, -0.2) is 4.99 Å². The maximum Gasteiger partial charge on any atom is 0.264 e. The van der Waals surface area contributed by atoms with Crippen LogP contribution in [0.25, 0.3) is 6.08 Å². The Morgan fingerprint density at radius 2 is 1.55 bits per heavy atom. The standard InChI is InChI=1S/C16H10Cl2N2OS/c17-11-3-1-10(2-4-11)9-14-15(21)20-16(22-14)19-13-7-5-12(18)6-8-13/h1-9H,(H,19,20,21)/b14-9+. The van der Waals surface area contributed by atoms with Crippen LogP contribution < -0.4 is 5.32 Å². The van der Waals surface area contributed by atoms with E-state index in [4.69, 9.17) is 23.2 Å². The number of amidine groups is 1. The molecule has 1 aliphatic rings. The van der Waals surface area contributed by atoms with Crippen LogP contribution in [0.5, 0.6) is 0 Å². The fourth-order valence-electron chi connectivity index (χ4n) is 1.82. The number of carbonyl (C=O) groups is 1. The number of nitrogens with one attached hydrogen (secondary N) is 1. The molecule has 0 atom stereocenters. The van der Waals surface area contributed by atoms with E-state index in [2.05, 4.69) is 10.3 Å². The predicted octanol–water partition coefficient (Wildman–Crippen LogP) is 4.89. The van der Waals surface area contributed by atoms with Gasteiger partial charge in [0.2, 0.25) is 0 Å². The number of thioether (sulfide) groups is 1. The van der Waals surface area contributed by atoms with Crippen molar-refractivity contribution < 1.29 is 4.79 Å². The summed E-state index contributed by atoms with van der Waals surface area (Å²) in [5, 5.41) is 4.61. The Kier molecular flexibility index (Phi) is 4.52. The van der Waals surface area contributed by atoms with Gasteiger partial charge in [0.05, 0.1) is 10.6 Å². The summed E-state index contributed by atoms with van der Waals surface area (Å²) in [7, 11) is 0. The van der Waals surface area contributed by atoms with E-state index in [1.54, 1.807) is 42.5 Å². The minimum absolute atomic E-state index is 0.160. The summed E-state index contributed by atoms with van der Waals surface area (Å²) in [6.07, 6.45) is 1.81. The minimum atomic E-state index is -0.160. The summed E-state index contributed by atoms with van der Waals surface area (Å²) < 4.78 is 0. The van der Waals surface area contributed by atoms with Crippen LogP contribution in [0.4, 0.5) is 5.69 Å². The van der Waals surface area contributed by atoms with Crippen LogP contribution in [-0.2, 0) is 4.79 Å². The SMILES string of the molecule is O=C1NC(=Nc2ccc(Cl)cc2)S/C1=C/c1ccc(Cl)cc1. The highest BCUT2D eigenvalue weighted by atomic mass is 35.5. The quantitative estimate of drug-likeness (QED) is 0.785. The van der Waals surface area contributed by atoms with E-state index in [9.17, 15) is 4.79 Å². The first-order chi connectivity index (χ1) is 10.6. The molecule has 2 aromatic rings. The Bertz CT molecular complexity index is 768. The molecule has 6 heteroatoms. The molecule has 1 heterocycles. The highest BCUT2D eigenvalue weighted by Crippen LogP contribution is 2.28. The molecule has 3 rings (SSSR count). The molecule has 0 spiro atoms. The fourth-order valence-corrected chi connectivity index (χ4v) is 2.92. The van der Waals surface area contributed by atoms with Crippen molar-refractivity contribution in [3.8, 4) is 0 Å². The lowest BCUT2D eigenvalue weighted by atomic mass is 10.2. The minimum Gasteiger partial charge on any atom is -0.300 e. The van der Waals surface area contributed by atoms with Crippen LogP contribution in [0.1, 0.15) is 5.56 Å². The molecular weight excluding hydrogens is 339 g/mol. The van der Waals surface area contributed by atoms with Gasteiger partial charge in [0, 0.05) is 10.0 Å². The Labute approximate surface area is 142 Å². The van der Waals surface area contributed by atoms with Crippen molar-refractivity contribution >= 4 is 57.8 Å². The molecule has 110 valence electrons. The summed E-state index contributed by atoms with van der Waals surface area (Å²) in [5.74, 6) is -0.160. The van der Waals surface area contributed by atoms with E-state index < -0.39 is 0 Å². The van der Waals surface area contributed by atoms with E-state index in [0.717, 1.165) is 11.3 Å². The third-order valence-electron chi connectivity index (χ3n) is 2.88. The second-order valence-electron chi connectivity index (χ2n) is 4.51. The number of hydrogen-bond donors (Lipinski definition) is 1. The Hall–Kier alpha value is -1.75. The first-order valence-corrected chi connectivity index (χ1v) is 7.98. The van der Waals surface area contributed by atoms with Crippen LogP contribution in [0.15, 0.2) is 58.4 Å². The van der Waals surface area contributed by atoms with Crippen LogP contribution in [0.3, 0.4) is 0 Å². The van der Waals surface area contributed by atoms with Gasteiger partial charge < -0.3 is 5.32 Å². The topological polar surface area (TPSA) is 41.5 Å². The molecular formula is C16H10Cl2N2OS. The first-order valence-electron chi connectivity index (χ1n) is 6.41. The monoisotopic (exact) mass is 348 g/mol. The molecule has 0 bridgehead atoms. The first kappa shape index (κ1) is 15.2. The predicted molar refractivity (Wildman–Crippen MR) is 93.7 cm³/mol. The second-order valence-corrected chi connectivity index (χ2v) is 6.41. The van der Waals surface area contributed by atoms with E-state index in [0.29, 0.717) is 20.1 Å². The summed E-state index contributed by atoms with van der Waals surface area (Å²) in [5.41, 5.74) is 1.65. The number of carbonyl (C=O) groups excluding carboxylic acids is 1. The Morgan fingerprint density at radius 1 is 0.955 bits per heavy atom. The van der Waals surface area contributed by atoms with E-state index in [1.807, 2.05) is 12.1 Å². The van der Waals surface area contributed by atoms with Gasteiger partial charge in [0.25, 0.3) is 5.91 Å². The Morgan fingerprint density at radius 3 is 2.18 bits per heavy atom. The number of halogens is 2. The third-order valence-corrected chi connectivity index (χ3v) is 4.29. The highest BCUT2D eigenvalue weighted by molar-refractivity contribution is 8.18. The van der Waals surface area contributed by atoms with Crippen molar-refractivity contribution in [2.75, 3.05) is 0 Å². The average molecular weight is 349 g/mol. The van der Waals surface area contributed by atoms with Crippen LogP contribution in [0, 0.1) is 0 Å².